The van der Waals surface area contributed by atoms with Gasteiger partial charge in [0.25, 0.3) is 5.56 Å². The molecule has 5 N–H and O–H groups in total. The Morgan fingerprint density at radius 3 is 2.25 bits per heavy atom. The van der Waals surface area contributed by atoms with E-state index in [0.29, 0.717) is 28.0 Å². The maximum atomic E-state index is 12.4. The number of anilines is 2. The molecule has 6 nitrogen and oxygen atoms in total. The summed E-state index contributed by atoms with van der Waals surface area (Å²) in [6.07, 6.45) is 0. The number of aromatic amines is 1. The van der Waals surface area contributed by atoms with Crippen molar-refractivity contribution in [3.05, 3.63) is 63.3 Å². The fourth-order valence-corrected chi connectivity index (χ4v) is 2.09. The minimum absolute atomic E-state index is 0.362. The number of rotatable bonds is 1. The van der Waals surface area contributed by atoms with Crippen LogP contribution in [0.4, 0.5) is 11.4 Å². The number of hydrogen-bond donors (Lipinski definition) is 3. The smallest absolute Gasteiger partial charge is 0.333 e. The van der Waals surface area contributed by atoms with E-state index in [0.717, 1.165) is 4.57 Å². The minimum Gasteiger partial charge on any atom is -0.399 e. The van der Waals surface area contributed by atoms with Gasteiger partial charge in [-0.1, -0.05) is 0 Å². The lowest BCUT2D eigenvalue weighted by Crippen LogP contribution is -2.33. The van der Waals surface area contributed by atoms with Gasteiger partial charge in [0.15, 0.2) is 0 Å². The summed E-state index contributed by atoms with van der Waals surface area (Å²) in [6, 6.07) is 11.3. The standard InChI is InChI=1S/C14H12N4O2/c15-8-1-4-10(5-2-8)18-13(19)11-7-9(16)3-6-12(11)17-14(18)20/h1-7H,15-16H2,(H,17,20). The molecule has 20 heavy (non-hydrogen) atoms. The van der Waals surface area contributed by atoms with Gasteiger partial charge in [0.2, 0.25) is 0 Å². The van der Waals surface area contributed by atoms with E-state index >= 15 is 0 Å². The third-order valence-corrected chi connectivity index (χ3v) is 3.07. The zero-order valence-corrected chi connectivity index (χ0v) is 10.5. The molecule has 6 heteroatoms. The van der Waals surface area contributed by atoms with Crippen molar-refractivity contribution < 1.29 is 0 Å². The van der Waals surface area contributed by atoms with Gasteiger partial charge in [0.1, 0.15) is 0 Å². The van der Waals surface area contributed by atoms with Crippen LogP contribution in [0.2, 0.25) is 0 Å². The van der Waals surface area contributed by atoms with Crippen LogP contribution < -0.4 is 22.7 Å². The minimum atomic E-state index is -0.503. The summed E-state index contributed by atoms with van der Waals surface area (Å²) in [5, 5.41) is 0.362. The van der Waals surface area contributed by atoms with Gasteiger partial charge in [-0.05, 0) is 42.5 Å². The zero-order valence-electron chi connectivity index (χ0n) is 10.5. The molecule has 0 aliphatic rings. The number of nitrogens with zero attached hydrogens (tertiary/aromatic N) is 1. The van der Waals surface area contributed by atoms with Crippen LogP contribution in [0.15, 0.2) is 52.1 Å². The molecule has 0 fully saturated rings. The quantitative estimate of drug-likeness (QED) is 0.568. The molecule has 3 aromatic rings. The summed E-state index contributed by atoms with van der Waals surface area (Å²) in [7, 11) is 0. The molecule has 0 aliphatic carbocycles. The van der Waals surface area contributed by atoms with Gasteiger partial charge < -0.3 is 16.5 Å². The van der Waals surface area contributed by atoms with E-state index in [9.17, 15) is 9.59 Å². The second-order valence-electron chi connectivity index (χ2n) is 4.47. The van der Waals surface area contributed by atoms with Crippen LogP contribution in [0.5, 0.6) is 0 Å². The number of hydrogen-bond acceptors (Lipinski definition) is 4. The van der Waals surface area contributed by atoms with Crippen LogP contribution in [0.1, 0.15) is 0 Å². The Kier molecular flexibility index (Phi) is 2.57. The molecule has 1 aromatic heterocycles. The largest absolute Gasteiger partial charge is 0.399 e. The lowest BCUT2D eigenvalue weighted by molar-refractivity contribution is 0.902. The second-order valence-corrected chi connectivity index (χ2v) is 4.47. The highest BCUT2D eigenvalue weighted by Gasteiger charge is 2.09. The number of benzene rings is 2. The van der Waals surface area contributed by atoms with Crippen LogP contribution in [0, 0.1) is 0 Å². The molecule has 1 heterocycles. The average molecular weight is 268 g/mol. The van der Waals surface area contributed by atoms with Crippen molar-refractivity contribution in [2.45, 2.75) is 0 Å². The predicted molar refractivity (Wildman–Crippen MR) is 79.0 cm³/mol. The number of aromatic nitrogens is 2. The molecule has 0 aliphatic heterocycles. The van der Waals surface area contributed by atoms with Crippen LogP contribution in [-0.4, -0.2) is 9.55 Å². The summed E-state index contributed by atoms with van der Waals surface area (Å²) in [6.45, 7) is 0. The van der Waals surface area contributed by atoms with Gasteiger partial charge in [0.05, 0.1) is 16.6 Å². The molecule has 0 unspecified atom stereocenters. The van der Waals surface area contributed by atoms with Gasteiger partial charge in [-0.15, -0.1) is 0 Å². The Morgan fingerprint density at radius 2 is 1.55 bits per heavy atom. The highest BCUT2D eigenvalue weighted by molar-refractivity contribution is 5.81. The number of nitrogen functional groups attached to an aromatic ring is 2. The van der Waals surface area contributed by atoms with Crippen LogP contribution >= 0.6 is 0 Å². The Labute approximate surface area is 113 Å². The van der Waals surface area contributed by atoms with Gasteiger partial charge in [-0.25, -0.2) is 9.36 Å². The van der Waals surface area contributed by atoms with E-state index in [4.69, 9.17) is 11.5 Å². The van der Waals surface area contributed by atoms with E-state index in [1.807, 2.05) is 0 Å². The average Bonchev–Trinajstić information content (AvgIpc) is 2.42. The molecule has 100 valence electrons. The van der Waals surface area contributed by atoms with Crippen LogP contribution in [-0.2, 0) is 0 Å². The third-order valence-electron chi connectivity index (χ3n) is 3.07. The molecular formula is C14H12N4O2. The molecular weight excluding hydrogens is 256 g/mol. The van der Waals surface area contributed by atoms with Crippen molar-refractivity contribution in [3.63, 3.8) is 0 Å². The number of nitrogens with one attached hydrogen (secondary N) is 1. The second kappa shape index (κ2) is 4.27. The molecule has 0 saturated carbocycles. The maximum absolute atomic E-state index is 12.4. The normalized spacial score (nSPS) is 10.8. The molecule has 0 radical (unpaired) electrons. The van der Waals surface area contributed by atoms with Gasteiger partial charge in [-0.3, -0.25) is 4.79 Å². The molecule has 0 atom stereocenters. The lowest BCUT2D eigenvalue weighted by Gasteiger charge is -2.07. The van der Waals surface area contributed by atoms with Gasteiger partial charge >= 0.3 is 5.69 Å². The van der Waals surface area contributed by atoms with Crippen molar-refractivity contribution >= 4 is 22.3 Å². The summed E-state index contributed by atoms with van der Waals surface area (Å²) >= 11 is 0. The third kappa shape index (κ3) is 1.83. The Bertz CT molecular complexity index is 907. The fraction of sp³-hybridized carbons (Fsp3) is 0. The molecule has 0 saturated heterocycles. The number of H-pyrrole nitrogens is 1. The molecule has 0 amide bonds. The van der Waals surface area contributed by atoms with E-state index in [1.54, 1.807) is 42.5 Å². The first-order valence-corrected chi connectivity index (χ1v) is 5.97. The van der Waals surface area contributed by atoms with Crippen molar-refractivity contribution in [3.8, 4) is 5.69 Å². The first kappa shape index (κ1) is 12.0. The SMILES string of the molecule is Nc1ccc(-n2c(=O)[nH]c3ccc(N)cc3c2=O)cc1. The number of fused-ring (bicyclic) bond motifs is 1. The van der Waals surface area contributed by atoms with Crippen molar-refractivity contribution in [1.82, 2.24) is 9.55 Å². The maximum Gasteiger partial charge on any atom is 0.333 e. The monoisotopic (exact) mass is 268 g/mol. The van der Waals surface area contributed by atoms with E-state index in [-0.39, 0.29) is 0 Å². The molecule has 0 bridgehead atoms. The topological polar surface area (TPSA) is 107 Å². The Balaban J connectivity index is 2.39. The lowest BCUT2D eigenvalue weighted by atomic mass is 10.2. The highest BCUT2D eigenvalue weighted by Crippen LogP contribution is 2.12. The Hall–Kier alpha value is -3.02. The molecule has 2 aromatic carbocycles. The van der Waals surface area contributed by atoms with E-state index in [1.165, 1.54) is 0 Å². The van der Waals surface area contributed by atoms with Crippen LogP contribution in [0.3, 0.4) is 0 Å². The Morgan fingerprint density at radius 1 is 0.900 bits per heavy atom. The number of nitrogens with two attached hydrogens (primary N) is 2. The summed E-state index contributed by atoms with van der Waals surface area (Å²) in [5.74, 6) is 0. The first-order valence-electron chi connectivity index (χ1n) is 5.97. The predicted octanol–water partition coefficient (Wildman–Crippen LogP) is 0.843. The van der Waals surface area contributed by atoms with E-state index < -0.39 is 11.2 Å². The van der Waals surface area contributed by atoms with Crippen molar-refractivity contribution in [2.24, 2.45) is 0 Å². The molecule has 0 spiro atoms. The van der Waals surface area contributed by atoms with Crippen molar-refractivity contribution in [1.29, 1.82) is 0 Å². The van der Waals surface area contributed by atoms with Crippen molar-refractivity contribution in [2.75, 3.05) is 11.5 Å². The van der Waals surface area contributed by atoms with Crippen LogP contribution in [0.25, 0.3) is 16.6 Å². The van der Waals surface area contributed by atoms with Gasteiger partial charge in [0, 0.05) is 11.4 Å². The summed E-state index contributed by atoms with van der Waals surface area (Å²) in [4.78, 5) is 27.2. The first-order chi connectivity index (χ1) is 9.56. The molecule has 3 rings (SSSR count). The van der Waals surface area contributed by atoms with Gasteiger partial charge in [-0.2, -0.15) is 0 Å². The highest BCUT2D eigenvalue weighted by atomic mass is 16.2. The zero-order chi connectivity index (χ0) is 14.3. The fourth-order valence-electron chi connectivity index (χ4n) is 2.09. The summed E-state index contributed by atoms with van der Waals surface area (Å²) < 4.78 is 1.06. The van der Waals surface area contributed by atoms with E-state index in [2.05, 4.69) is 4.98 Å². The summed E-state index contributed by atoms with van der Waals surface area (Å²) in [5.41, 5.74) is 12.3.